The average Bonchev–Trinajstić information content (AvgIpc) is 3.33. The third-order valence-corrected chi connectivity index (χ3v) is 4.94. The van der Waals surface area contributed by atoms with Gasteiger partial charge in [-0.1, -0.05) is 47.6 Å². The number of para-hydroxylation sites is 1. The molecule has 0 aliphatic carbocycles. The molecule has 2 aromatic carbocycles. The van der Waals surface area contributed by atoms with Crippen molar-refractivity contribution in [2.24, 2.45) is 0 Å². The first-order valence-electron chi connectivity index (χ1n) is 10.6. The third-order valence-electron chi connectivity index (χ3n) is 4.94. The number of aryl methyl sites for hydroxylation is 1. The second-order valence-corrected chi connectivity index (χ2v) is 7.34. The van der Waals surface area contributed by atoms with Gasteiger partial charge in [-0.3, -0.25) is 14.6 Å². The van der Waals surface area contributed by atoms with E-state index >= 15 is 0 Å². The number of carbonyl (C=O) groups is 2. The van der Waals surface area contributed by atoms with Crippen molar-refractivity contribution in [2.45, 2.75) is 19.3 Å². The molecule has 2 amide bonds. The SMILES string of the molecule is O=C(CCc1nc(-c2cccnc2)no1)Nc1ccccc1C(=O)NCCc1ccccc1. The summed E-state index contributed by atoms with van der Waals surface area (Å²) in [4.78, 5) is 33.5. The minimum absolute atomic E-state index is 0.138. The van der Waals surface area contributed by atoms with Crippen LogP contribution < -0.4 is 10.6 Å². The normalized spacial score (nSPS) is 10.5. The highest BCUT2D eigenvalue weighted by Crippen LogP contribution is 2.17. The Labute approximate surface area is 191 Å². The van der Waals surface area contributed by atoms with E-state index in [0.29, 0.717) is 29.5 Å². The molecule has 2 aromatic heterocycles. The number of amides is 2. The van der Waals surface area contributed by atoms with Crippen LogP contribution in [0.4, 0.5) is 5.69 Å². The van der Waals surface area contributed by atoms with Gasteiger partial charge in [-0.25, -0.2) is 0 Å². The van der Waals surface area contributed by atoms with Gasteiger partial charge >= 0.3 is 0 Å². The summed E-state index contributed by atoms with van der Waals surface area (Å²) in [5.41, 5.74) is 2.76. The quantitative estimate of drug-likeness (QED) is 0.410. The van der Waals surface area contributed by atoms with E-state index in [9.17, 15) is 9.59 Å². The molecule has 0 radical (unpaired) electrons. The molecule has 0 atom stereocenters. The second-order valence-electron chi connectivity index (χ2n) is 7.34. The lowest BCUT2D eigenvalue weighted by Gasteiger charge is -2.11. The molecule has 2 N–H and O–H groups in total. The number of rotatable bonds is 9. The Morgan fingerprint density at radius 3 is 2.55 bits per heavy atom. The smallest absolute Gasteiger partial charge is 0.253 e. The molecule has 0 aliphatic rings. The van der Waals surface area contributed by atoms with Gasteiger partial charge in [-0.05, 0) is 36.2 Å². The fourth-order valence-corrected chi connectivity index (χ4v) is 3.25. The van der Waals surface area contributed by atoms with E-state index in [4.69, 9.17) is 4.52 Å². The zero-order valence-corrected chi connectivity index (χ0v) is 17.9. The molecule has 0 fully saturated rings. The molecule has 166 valence electrons. The molecule has 4 rings (SSSR count). The van der Waals surface area contributed by atoms with E-state index in [2.05, 4.69) is 25.8 Å². The summed E-state index contributed by atoms with van der Waals surface area (Å²) in [5, 5.41) is 9.64. The van der Waals surface area contributed by atoms with Crippen molar-refractivity contribution in [3.8, 4) is 11.4 Å². The van der Waals surface area contributed by atoms with Crippen molar-refractivity contribution in [1.82, 2.24) is 20.4 Å². The highest BCUT2D eigenvalue weighted by Gasteiger charge is 2.15. The summed E-state index contributed by atoms with van der Waals surface area (Å²) < 4.78 is 5.23. The fraction of sp³-hybridized carbons (Fsp3) is 0.160. The monoisotopic (exact) mass is 441 g/mol. The highest BCUT2D eigenvalue weighted by molar-refractivity contribution is 6.03. The molecule has 33 heavy (non-hydrogen) atoms. The zero-order chi connectivity index (χ0) is 22.9. The Hall–Kier alpha value is -4.33. The summed E-state index contributed by atoms with van der Waals surface area (Å²) in [6.45, 7) is 0.502. The van der Waals surface area contributed by atoms with Crippen molar-refractivity contribution in [2.75, 3.05) is 11.9 Å². The maximum Gasteiger partial charge on any atom is 0.253 e. The largest absolute Gasteiger partial charge is 0.352 e. The van der Waals surface area contributed by atoms with Crippen molar-refractivity contribution in [3.05, 3.63) is 96.1 Å². The third kappa shape index (κ3) is 6.10. The number of nitrogens with zero attached hydrogens (tertiary/aromatic N) is 3. The Bertz CT molecular complexity index is 1210. The molecule has 0 saturated heterocycles. The van der Waals surface area contributed by atoms with Crippen LogP contribution in [0, 0.1) is 0 Å². The lowest BCUT2D eigenvalue weighted by Crippen LogP contribution is -2.27. The predicted octanol–water partition coefficient (Wildman–Crippen LogP) is 3.68. The fourth-order valence-electron chi connectivity index (χ4n) is 3.25. The molecular formula is C25H23N5O3. The summed E-state index contributed by atoms with van der Waals surface area (Å²) in [5.74, 6) is 0.299. The number of pyridine rings is 1. The van der Waals surface area contributed by atoms with Gasteiger partial charge in [-0.2, -0.15) is 4.98 Å². The molecule has 4 aromatic rings. The molecule has 8 nitrogen and oxygen atoms in total. The van der Waals surface area contributed by atoms with Gasteiger partial charge in [0.05, 0.1) is 11.3 Å². The zero-order valence-electron chi connectivity index (χ0n) is 17.9. The summed E-state index contributed by atoms with van der Waals surface area (Å²) in [7, 11) is 0. The maximum absolute atomic E-state index is 12.7. The number of carbonyl (C=O) groups excluding carboxylic acids is 2. The summed E-state index contributed by atoms with van der Waals surface area (Å²) >= 11 is 0. The number of hydrogen-bond donors (Lipinski definition) is 2. The van der Waals surface area contributed by atoms with Crippen LogP contribution in [0.15, 0.2) is 83.6 Å². The molecule has 0 unspecified atom stereocenters. The van der Waals surface area contributed by atoms with E-state index in [1.165, 1.54) is 0 Å². The van der Waals surface area contributed by atoms with Gasteiger partial charge in [0.15, 0.2) is 0 Å². The van der Waals surface area contributed by atoms with E-state index in [1.54, 1.807) is 42.7 Å². The number of benzene rings is 2. The molecule has 0 spiro atoms. The Kier molecular flexibility index (Phi) is 7.17. The van der Waals surface area contributed by atoms with Crippen LogP contribution in [0.5, 0.6) is 0 Å². The lowest BCUT2D eigenvalue weighted by molar-refractivity contribution is -0.116. The van der Waals surface area contributed by atoms with Gasteiger partial charge in [-0.15, -0.1) is 0 Å². The van der Waals surface area contributed by atoms with E-state index < -0.39 is 0 Å². The van der Waals surface area contributed by atoms with Crippen molar-refractivity contribution in [1.29, 1.82) is 0 Å². The van der Waals surface area contributed by atoms with Crippen molar-refractivity contribution in [3.63, 3.8) is 0 Å². The maximum atomic E-state index is 12.7. The van der Waals surface area contributed by atoms with Crippen molar-refractivity contribution < 1.29 is 14.1 Å². The number of nitrogens with one attached hydrogen (secondary N) is 2. The molecular weight excluding hydrogens is 418 g/mol. The number of aromatic nitrogens is 3. The van der Waals surface area contributed by atoms with Gasteiger partial charge in [0, 0.05) is 37.3 Å². The van der Waals surface area contributed by atoms with Crippen LogP contribution in [0.25, 0.3) is 11.4 Å². The highest BCUT2D eigenvalue weighted by atomic mass is 16.5. The van der Waals surface area contributed by atoms with Gasteiger partial charge in [0.1, 0.15) is 0 Å². The summed E-state index contributed by atoms with van der Waals surface area (Å²) in [6, 6.07) is 20.5. The second kappa shape index (κ2) is 10.8. The van der Waals surface area contributed by atoms with Crippen LogP contribution in [0.2, 0.25) is 0 Å². The molecule has 8 heteroatoms. The topological polar surface area (TPSA) is 110 Å². The van der Waals surface area contributed by atoms with Gasteiger partial charge < -0.3 is 15.2 Å². The lowest BCUT2D eigenvalue weighted by atomic mass is 10.1. The van der Waals surface area contributed by atoms with E-state index in [1.807, 2.05) is 36.4 Å². The van der Waals surface area contributed by atoms with Crippen LogP contribution in [0.1, 0.15) is 28.2 Å². The minimum atomic E-state index is -0.249. The van der Waals surface area contributed by atoms with Crippen LogP contribution in [0.3, 0.4) is 0 Å². The standard InChI is InChI=1S/C25H23N5O3/c31-22(12-13-23-29-24(30-33-23)19-9-6-15-26-17-19)28-21-11-5-4-10-20(21)25(32)27-16-14-18-7-2-1-3-8-18/h1-11,15,17H,12-14,16H2,(H,27,32)(H,28,31). The van der Waals surface area contributed by atoms with Crippen LogP contribution in [-0.2, 0) is 17.6 Å². The first-order valence-corrected chi connectivity index (χ1v) is 10.6. The van der Waals surface area contributed by atoms with Crippen LogP contribution in [-0.4, -0.2) is 33.5 Å². The van der Waals surface area contributed by atoms with Crippen molar-refractivity contribution >= 4 is 17.5 Å². The number of hydrogen-bond acceptors (Lipinski definition) is 6. The van der Waals surface area contributed by atoms with E-state index in [-0.39, 0.29) is 24.7 Å². The van der Waals surface area contributed by atoms with Crippen LogP contribution >= 0.6 is 0 Å². The first-order chi connectivity index (χ1) is 16.2. The molecule has 2 heterocycles. The Morgan fingerprint density at radius 2 is 1.73 bits per heavy atom. The average molecular weight is 441 g/mol. The first kappa shape index (κ1) is 21.9. The molecule has 0 bridgehead atoms. The molecule has 0 aliphatic heterocycles. The number of anilines is 1. The van der Waals surface area contributed by atoms with E-state index in [0.717, 1.165) is 17.5 Å². The van der Waals surface area contributed by atoms with Gasteiger partial charge in [0.2, 0.25) is 17.6 Å². The predicted molar refractivity (Wildman–Crippen MR) is 123 cm³/mol. The summed E-state index contributed by atoms with van der Waals surface area (Å²) in [6.07, 6.45) is 4.45. The molecule has 0 saturated carbocycles. The Morgan fingerprint density at radius 1 is 0.909 bits per heavy atom. The Balaban J connectivity index is 1.30. The minimum Gasteiger partial charge on any atom is -0.352 e. The van der Waals surface area contributed by atoms with Gasteiger partial charge in [0.25, 0.3) is 5.91 Å².